The van der Waals surface area contributed by atoms with Gasteiger partial charge in [-0.15, -0.1) is 0 Å². The van der Waals surface area contributed by atoms with Crippen LogP contribution in [0.1, 0.15) is 181 Å². The van der Waals surface area contributed by atoms with Gasteiger partial charge in [0.2, 0.25) is 0 Å². The third kappa shape index (κ3) is 43.6. The van der Waals surface area contributed by atoms with Crippen molar-refractivity contribution in [3.63, 3.8) is 0 Å². The van der Waals surface area contributed by atoms with Crippen LogP contribution in [0.15, 0.2) is 97.2 Å². The van der Waals surface area contributed by atoms with Crippen LogP contribution in [0, 0.1) is 0 Å². The maximum absolute atomic E-state index is 12.2. The molecule has 1 N–H and O–H groups in total. The van der Waals surface area contributed by atoms with Gasteiger partial charge in [0.25, 0.3) is 0 Å². The molecule has 1 atom stereocenters. The molecule has 0 aliphatic carbocycles. The van der Waals surface area contributed by atoms with E-state index >= 15 is 0 Å². The molecule has 0 aliphatic heterocycles. The van der Waals surface area contributed by atoms with Crippen molar-refractivity contribution in [1.29, 1.82) is 0 Å². The SMILES string of the molecule is CC/C=C\C/C=C\C/C=C\C/C=C\C/C=C\CCCCOCC(CO)OC(=O)CCCCCCCCCC/C=C\C/C=C\C/C=C\CCCCCCC. The fourth-order valence-corrected chi connectivity index (χ4v) is 5.65. The first-order chi connectivity index (χ1) is 26.2. The van der Waals surface area contributed by atoms with Gasteiger partial charge in [-0.1, -0.05) is 175 Å². The van der Waals surface area contributed by atoms with Gasteiger partial charge < -0.3 is 14.6 Å². The molecule has 0 fully saturated rings. The second kappa shape index (κ2) is 45.5. The van der Waals surface area contributed by atoms with Gasteiger partial charge in [-0.3, -0.25) is 4.79 Å². The average molecular weight is 735 g/mol. The standard InChI is InChI=1S/C49H82O4/c1-3-5-7-9-11-13-15-17-19-21-23-24-25-26-27-28-30-32-34-36-38-40-42-44-49(51)53-48(46-50)47-52-45-43-41-39-37-35-33-31-29-22-20-18-16-14-12-10-8-6-4-2/h6,8,12,14-15,17-18,20-21,23,25-26,29,31,35,37,48,50H,3-5,7,9-11,13,16,19,22,24,27-28,30,32-34,36,38-47H2,1-2H3/b8-6-,14-12-,17-15-,20-18-,23-21-,26-25-,31-29-,37-35-. The van der Waals surface area contributed by atoms with Gasteiger partial charge >= 0.3 is 5.97 Å². The Bertz CT molecular complexity index is 996. The number of esters is 1. The van der Waals surface area contributed by atoms with Crippen LogP contribution in [0.25, 0.3) is 0 Å². The highest BCUT2D eigenvalue weighted by molar-refractivity contribution is 5.69. The predicted octanol–water partition coefficient (Wildman–Crippen LogP) is 14.5. The lowest BCUT2D eigenvalue weighted by Crippen LogP contribution is -2.27. The zero-order valence-electron chi connectivity index (χ0n) is 34.5. The van der Waals surface area contributed by atoms with Crippen molar-refractivity contribution in [2.24, 2.45) is 0 Å². The van der Waals surface area contributed by atoms with Crippen LogP contribution in [0.2, 0.25) is 0 Å². The van der Waals surface area contributed by atoms with Gasteiger partial charge in [-0.05, 0) is 96.3 Å². The van der Waals surface area contributed by atoms with Gasteiger partial charge in [0.15, 0.2) is 0 Å². The Morgan fingerprint density at radius 2 is 0.849 bits per heavy atom. The van der Waals surface area contributed by atoms with E-state index in [4.69, 9.17) is 9.47 Å². The molecule has 0 aliphatic rings. The number of aliphatic hydroxyl groups is 1. The second-order valence-corrected chi connectivity index (χ2v) is 14.0. The number of allylic oxidation sites excluding steroid dienone is 16. The lowest BCUT2D eigenvalue weighted by Gasteiger charge is -2.15. The zero-order valence-corrected chi connectivity index (χ0v) is 34.5. The summed E-state index contributed by atoms with van der Waals surface area (Å²) in [5, 5.41) is 9.60. The van der Waals surface area contributed by atoms with Gasteiger partial charge in [0.1, 0.15) is 6.10 Å². The first-order valence-corrected chi connectivity index (χ1v) is 21.8. The zero-order chi connectivity index (χ0) is 38.4. The number of carbonyl (C=O) groups is 1. The smallest absolute Gasteiger partial charge is 0.306 e. The van der Waals surface area contributed by atoms with Crippen LogP contribution in [0.4, 0.5) is 0 Å². The lowest BCUT2D eigenvalue weighted by atomic mass is 10.1. The number of ether oxygens (including phenoxy) is 2. The minimum atomic E-state index is -0.568. The molecule has 1 unspecified atom stereocenters. The predicted molar refractivity (Wildman–Crippen MR) is 232 cm³/mol. The van der Waals surface area contributed by atoms with E-state index in [0.29, 0.717) is 13.0 Å². The summed E-state index contributed by atoms with van der Waals surface area (Å²) < 4.78 is 11.1. The van der Waals surface area contributed by atoms with E-state index < -0.39 is 6.10 Å². The molecule has 0 spiro atoms. The molecule has 0 bridgehead atoms. The molecule has 0 radical (unpaired) electrons. The van der Waals surface area contributed by atoms with Crippen molar-refractivity contribution in [2.45, 2.75) is 187 Å². The summed E-state index contributed by atoms with van der Waals surface area (Å²) in [6.07, 6.45) is 64.7. The third-order valence-corrected chi connectivity index (χ3v) is 8.89. The first kappa shape index (κ1) is 50.3. The summed E-state index contributed by atoms with van der Waals surface area (Å²) in [4.78, 5) is 12.2. The summed E-state index contributed by atoms with van der Waals surface area (Å²) in [5.74, 6) is -0.227. The Hall–Kier alpha value is -2.69. The minimum Gasteiger partial charge on any atom is -0.457 e. The molecule has 0 saturated heterocycles. The molecule has 0 heterocycles. The van der Waals surface area contributed by atoms with E-state index in [0.717, 1.165) is 77.0 Å². The monoisotopic (exact) mass is 735 g/mol. The van der Waals surface area contributed by atoms with E-state index in [1.165, 1.54) is 83.5 Å². The van der Waals surface area contributed by atoms with Crippen molar-refractivity contribution in [1.82, 2.24) is 0 Å². The Labute approximate surface area is 328 Å². The number of hydrogen-bond acceptors (Lipinski definition) is 4. The van der Waals surface area contributed by atoms with Crippen LogP contribution >= 0.6 is 0 Å². The normalized spacial score (nSPS) is 13.3. The number of hydrogen-bond donors (Lipinski definition) is 1. The Balaban J connectivity index is 3.56. The summed E-state index contributed by atoms with van der Waals surface area (Å²) in [6, 6.07) is 0. The minimum absolute atomic E-state index is 0.199. The van der Waals surface area contributed by atoms with Gasteiger partial charge in [-0.25, -0.2) is 0 Å². The molecule has 0 rings (SSSR count). The molecule has 0 amide bonds. The van der Waals surface area contributed by atoms with E-state index in [2.05, 4.69) is 111 Å². The fraction of sp³-hybridized carbons (Fsp3) is 0.653. The second-order valence-electron chi connectivity index (χ2n) is 14.0. The molecule has 0 aromatic heterocycles. The van der Waals surface area contributed by atoms with Crippen LogP contribution < -0.4 is 0 Å². The van der Waals surface area contributed by atoms with Gasteiger partial charge in [0, 0.05) is 13.0 Å². The highest BCUT2D eigenvalue weighted by Gasteiger charge is 2.13. The average Bonchev–Trinajstić information content (AvgIpc) is 3.16. The third-order valence-electron chi connectivity index (χ3n) is 8.89. The van der Waals surface area contributed by atoms with E-state index in [1.807, 2.05) is 0 Å². The Kier molecular flexibility index (Phi) is 43.2. The van der Waals surface area contributed by atoms with Crippen LogP contribution in [-0.4, -0.2) is 37.0 Å². The molecule has 302 valence electrons. The van der Waals surface area contributed by atoms with Crippen LogP contribution in [0.3, 0.4) is 0 Å². The maximum Gasteiger partial charge on any atom is 0.306 e. The van der Waals surface area contributed by atoms with Gasteiger partial charge in [0.05, 0.1) is 13.2 Å². The molecular formula is C49H82O4. The number of aliphatic hydroxyl groups excluding tert-OH is 1. The summed E-state index contributed by atoms with van der Waals surface area (Å²) in [7, 11) is 0. The maximum atomic E-state index is 12.2. The van der Waals surface area contributed by atoms with E-state index in [1.54, 1.807) is 0 Å². The highest BCUT2D eigenvalue weighted by Crippen LogP contribution is 2.12. The van der Waals surface area contributed by atoms with Gasteiger partial charge in [-0.2, -0.15) is 0 Å². The topological polar surface area (TPSA) is 55.8 Å². The quantitative estimate of drug-likeness (QED) is 0.0388. The molecule has 0 aromatic rings. The largest absolute Gasteiger partial charge is 0.457 e. The number of rotatable bonds is 39. The number of unbranched alkanes of at least 4 members (excludes halogenated alkanes) is 15. The van der Waals surface area contributed by atoms with Crippen LogP contribution in [0.5, 0.6) is 0 Å². The van der Waals surface area contributed by atoms with Crippen molar-refractivity contribution >= 4 is 5.97 Å². The Morgan fingerprint density at radius 1 is 0.472 bits per heavy atom. The Morgan fingerprint density at radius 3 is 1.28 bits per heavy atom. The lowest BCUT2D eigenvalue weighted by molar-refractivity contribution is -0.154. The molecular weight excluding hydrogens is 653 g/mol. The molecule has 4 nitrogen and oxygen atoms in total. The summed E-state index contributed by atoms with van der Waals surface area (Å²) >= 11 is 0. The molecule has 53 heavy (non-hydrogen) atoms. The molecule has 0 aromatic carbocycles. The van der Waals surface area contributed by atoms with Crippen molar-refractivity contribution < 1.29 is 19.4 Å². The van der Waals surface area contributed by atoms with E-state index in [-0.39, 0.29) is 19.2 Å². The summed E-state index contributed by atoms with van der Waals surface area (Å²) in [6.45, 7) is 5.10. The number of carbonyl (C=O) groups excluding carboxylic acids is 1. The molecule has 0 saturated carbocycles. The van der Waals surface area contributed by atoms with E-state index in [9.17, 15) is 9.90 Å². The summed E-state index contributed by atoms with van der Waals surface area (Å²) in [5.41, 5.74) is 0. The van der Waals surface area contributed by atoms with Crippen molar-refractivity contribution in [3.05, 3.63) is 97.2 Å². The first-order valence-electron chi connectivity index (χ1n) is 21.8. The highest BCUT2D eigenvalue weighted by atomic mass is 16.6. The molecule has 4 heteroatoms. The van der Waals surface area contributed by atoms with Crippen molar-refractivity contribution in [2.75, 3.05) is 19.8 Å². The van der Waals surface area contributed by atoms with Crippen molar-refractivity contribution in [3.8, 4) is 0 Å². The fourth-order valence-electron chi connectivity index (χ4n) is 5.65. The van der Waals surface area contributed by atoms with Crippen LogP contribution in [-0.2, 0) is 14.3 Å².